The fraction of sp³-hybridized carbons (Fsp3) is 0.529. The molecule has 1 unspecified atom stereocenters. The smallest absolute Gasteiger partial charge is 0.408 e. The molecule has 0 bridgehead atoms. The van der Waals surface area contributed by atoms with E-state index in [1.165, 1.54) is 6.92 Å². The molecule has 0 saturated carbocycles. The molecule has 1 aliphatic rings. The van der Waals surface area contributed by atoms with E-state index < -0.39 is 24.2 Å². The van der Waals surface area contributed by atoms with Crippen molar-refractivity contribution in [2.45, 2.75) is 44.6 Å². The molecule has 1 saturated heterocycles. The Balaban J connectivity index is 1.76. The molecular weight excluding hydrogens is 314 g/mol. The Labute approximate surface area is 140 Å². The number of epoxide rings is 1. The van der Waals surface area contributed by atoms with Crippen molar-refractivity contribution in [3.05, 3.63) is 35.9 Å². The minimum absolute atomic E-state index is 0.0734. The Morgan fingerprint density at radius 3 is 2.58 bits per heavy atom. The number of carbonyl (C=O) groups is 2. The lowest BCUT2D eigenvalue weighted by atomic mass is 10.1. The van der Waals surface area contributed by atoms with Gasteiger partial charge in [-0.1, -0.05) is 30.3 Å². The van der Waals surface area contributed by atoms with Crippen molar-refractivity contribution in [2.75, 3.05) is 13.2 Å². The molecule has 1 aromatic rings. The van der Waals surface area contributed by atoms with E-state index in [0.29, 0.717) is 13.0 Å². The summed E-state index contributed by atoms with van der Waals surface area (Å²) in [6.07, 6.45) is -1.32. The standard InChI is InChI=1S/C17H23NO6/c1-12(19)14(15(20)22-9-8-17(2)11-24-17)18-16(21)23-10-13-6-4-3-5-7-13/h3-7,12,14,19H,8-11H2,1-2H3,(H,18,21)/t12-,14+,17?/m1/s1. The summed E-state index contributed by atoms with van der Waals surface area (Å²) in [5.41, 5.74) is 0.601. The molecular formula is C17H23NO6. The summed E-state index contributed by atoms with van der Waals surface area (Å²) in [5.74, 6) is -0.703. The van der Waals surface area contributed by atoms with Crippen LogP contribution in [0.15, 0.2) is 30.3 Å². The van der Waals surface area contributed by atoms with Gasteiger partial charge in [0.05, 0.1) is 24.9 Å². The Bertz CT molecular complexity index is 555. The molecule has 2 rings (SSSR count). The van der Waals surface area contributed by atoms with Crippen LogP contribution in [0.4, 0.5) is 4.79 Å². The number of benzene rings is 1. The fourth-order valence-corrected chi connectivity index (χ4v) is 1.99. The van der Waals surface area contributed by atoms with Crippen LogP contribution in [-0.4, -0.2) is 48.1 Å². The average Bonchev–Trinajstić information content (AvgIpc) is 3.28. The first-order valence-corrected chi connectivity index (χ1v) is 7.85. The predicted molar refractivity (Wildman–Crippen MR) is 85.2 cm³/mol. The number of hydrogen-bond donors (Lipinski definition) is 2. The van der Waals surface area contributed by atoms with Gasteiger partial charge in [-0.15, -0.1) is 0 Å². The summed E-state index contributed by atoms with van der Waals surface area (Å²) in [4.78, 5) is 23.8. The maximum Gasteiger partial charge on any atom is 0.408 e. The second-order valence-electron chi connectivity index (χ2n) is 6.08. The van der Waals surface area contributed by atoms with E-state index in [4.69, 9.17) is 14.2 Å². The largest absolute Gasteiger partial charge is 0.464 e. The molecule has 0 aliphatic carbocycles. The van der Waals surface area contributed by atoms with E-state index in [1.54, 1.807) is 0 Å². The monoisotopic (exact) mass is 337 g/mol. The first-order valence-electron chi connectivity index (χ1n) is 7.85. The molecule has 7 heteroatoms. The normalized spacial score (nSPS) is 21.5. The highest BCUT2D eigenvalue weighted by atomic mass is 16.6. The van der Waals surface area contributed by atoms with E-state index in [-0.39, 0.29) is 18.8 Å². The molecule has 24 heavy (non-hydrogen) atoms. The van der Waals surface area contributed by atoms with Crippen molar-refractivity contribution in [3.63, 3.8) is 0 Å². The highest BCUT2D eigenvalue weighted by molar-refractivity contribution is 5.81. The maximum atomic E-state index is 12.0. The maximum absolute atomic E-state index is 12.0. The van der Waals surface area contributed by atoms with Crippen LogP contribution in [0.25, 0.3) is 0 Å². The molecule has 7 nitrogen and oxygen atoms in total. The van der Waals surface area contributed by atoms with Gasteiger partial charge in [0.15, 0.2) is 6.04 Å². The molecule has 1 heterocycles. The van der Waals surface area contributed by atoms with Crippen LogP contribution in [0.1, 0.15) is 25.8 Å². The lowest BCUT2D eigenvalue weighted by Gasteiger charge is -2.20. The highest BCUT2D eigenvalue weighted by Gasteiger charge is 2.39. The van der Waals surface area contributed by atoms with Crippen molar-refractivity contribution >= 4 is 12.1 Å². The second kappa shape index (κ2) is 8.12. The van der Waals surface area contributed by atoms with Crippen molar-refractivity contribution in [3.8, 4) is 0 Å². The SMILES string of the molecule is C[C@@H](O)[C@H](NC(=O)OCc1ccccc1)C(=O)OCCC1(C)CO1. The van der Waals surface area contributed by atoms with Crippen LogP contribution < -0.4 is 5.32 Å². The first-order chi connectivity index (χ1) is 11.4. The summed E-state index contributed by atoms with van der Waals surface area (Å²) < 4.78 is 15.3. The van der Waals surface area contributed by atoms with Gasteiger partial charge >= 0.3 is 12.1 Å². The van der Waals surface area contributed by atoms with Crippen LogP contribution in [0.3, 0.4) is 0 Å². The van der Waals surface area contributed by atoms with E-state index in [1.807, 2.05) is 37.3 Å². The summed E-state index contributed by atoms with van der Waals surface area (Å²) in [5, 5.41) is 12.0. The van der Waals surface area contributed by atoms with E-state index in [2.05, 4.69) is 5.32 Å². The molecule has 2 N–H and O–H groups in total. The van der Waals surface area contributed by atoms with Gasteiger partial charge < -0.3 is 24.6 Å². The number of hydrogen-bond acceptors (Lipinski definition) is 6. The molecule has 0 radical (unpaired) electrons. The minimum atomic E-state index is -1.18. The zero-order chi connectivity index (χ0) is 17.6. The molecule has 132 valence electrons. The molecule has 0 spiro atoms. The number of esters is 1. The summed E-state index contributed by atoms with van der Waals surface area (Å²) in [6, 6.07) is 7.97. The number of ether oxygens (including phenoxy) is 3. The quantitative estimate of drug-likeness (QED) is 0.549. The lowest BCUT2D eigenvalue weighted by molar-refractivity contribution is -0.149. The molecule has 1 fully saturated rings. The van der Waals surface area contributed by atoms with Gasteiger partial charge in [-0.2, -0.15) is 0 Å². The Morgan fingerprint density at radius 1 is 1.33 bits per heavy atom. The second-order valence-corrected chi connectivity index (χ2v) is 6.08. The number of rotatable bonds is 8. The molecule has 3 atom stereocenters. The van der Waals surface area contributed by atoms with Gasteiger partial charge in [0.1, 0.15) is 6.61 Å². The summed E-state index contributed by atoms with van der Waals surface area (Å²) in [6.45, 7) is 4.21. The van der Waals surface area contributed by atoms with Crippen molar-refractivity contribution in [2.24, 2.45) is 0 Å². The molecule has 1 aromatic carbocycles. The van der Waals surface area contributed by atoms with Gasteiger partial charge in [-0.05, 0) is 19.4 Å². The van der Waals surface area contributed by atoms with Crippen LogP contribution >= 0.6 is 0 Å². The van der Waals surface area contributed by atoms with Gasteiger partial charge in [-0.3, -0.25) is 0 Å². The van der Waals surface area contributed by atoms with Gasteiger partial charge in [0.2, 0.25) is 0 Å². The average molecular weight is 337 g/mol. The lowest BCUT2D eigenvalue weighted by Crippen LogP contribution is -2.48. The molecule has 1 amide bonds. The van der Waals surface area contributed by atoms with Gasteiger partial charge in [0.25, 0.3) is 0 Å². The van der Waals surface area contributed by atoms with Crippen LogP contribution in [0.5, 0.6) is 0 Å². The molecule has 1 aliphatic heterocycles. The summed E-state index contributed by atoms with van der Waals surface area (Å²) in [7, 11) is 0. The molecule has 0 aromatic heterocycles. The van der Waals surface area contributed by atoms with Gasteiger partial charge in [0, 0.05) is 6.42 Å². The zero-order valence-electron chi connectivity index (χ0n) is 13.9. The van der Waals surface area contributed by atoms with Crippen LogP contribution in [-0.2, 0) is 25.6 Å². The van der Waals surface area contributed by atoms with E-state index in [0.717, 1.165) is 5.56 Å². The summed E-state index contributed by atoms with van der Waals surface area (Å²) >= 11 is 0. The van der Waals surface area contributed by atoms with Crippen molar-refractivity contribution in [1.82, 2.24) is 5.32 Å². The minimum Gasteiger partial charge on any atom is -0.464 e. The Morgan fingerprint density at radius 2 is 2.00 bits per heavy atom. The number of carbonyl (C=O) groups excluding carboxylic acids is 2. The number of aliphatic hydroxyl groups is 1. The number of alkyl carbamates (subject to hydrolysis) is 1. The van der Waals surface area contributed by atoms with E-state index >= 15 is 0 Å². The fourth-order valence-electron chi connectivity index (χ4n) is 1.99. The first kappa shape index (κ1) is 18.2. The topological polar surface area (TPSA) is 97.4 Å². The highest BCUT2D eigenvalue weighted by Crippen LogP contribution is 2.29. The number of amides is 1. The Hall–Kier alpha value is -2.12. The van der Waals surface area contributed by atoms with Crippen molar-refractivity contribution < 1.29 is 28.9 Å². The van der Waals surface area contributed by atoms with Crippen molar-refractivity contribution in [1.29, 1.82) is 0 Å². The zero-order valence-corrected chi connectivity index (χ0v) is 13.9. The predicted octanol–water partition coefficient (Wildman–Crippen LogP) is 1.38. The number of nitrogens with one attached hydrogen (secondary N) is 1. The third-order valence-electron chi connectivity index (χ3n) is 3.73. The third-order valence-corrected chi connectivity index (χ3v) is 3.73. The number of aliphatic hydroxyl groups excluding tert-OH is 1. The third kappa shape index (κ3) is 5.82. The van der Waals surface area contributed by atoms with E-state index in [9.17, 15) is 14.7 Å². The van der Waals surface area contributed by atoms with Gasteiger partial charge in [-0.25, -0.2) is 9.59 Å². The van der Waals surface area contributed by atoms with Crippen LogP contribution in [0, 0.1) is 0 Å². The van der Waals surface area contributed by atoms with Crippen LogP contribution in [0.2, 0.25) is 0 Å². The Kier molecular flexibility index (Phi) is 6.16.